The van der Waals surface area contributed by atoms with Gasteiger partial charge in [0, 0.05) is 11.6 Å². The predicted molar refractivity (Wildman–Crippen MR) is 90.4 cm³/mol. The fourth-order valence-electron chi connectivity index (χ4n) is 2.77. The van der Waals surface area contributed by atoms with E-state index < -0.39 is 11.9 Å². The van der Waals surface area contributed by atoms with Gasteiger partial charge in [0.15, 0.2) is 5.16 Å². The first-order chi connectivity index (χ1) is 11.0. The molecule has 1 unspecified atom stereocenters. The first-order valence-corrected chi connectivity index (χ1v) is 8.78. The second-order valence-corrected chi connectivity index (χ2v) is 6.89. The third-order valence-electron chi connectivity index (χ3n) is 3.91. The molecule has 8 heteroatoms. The first-order valence-electron chi connectivity index (χ1n) is 7.41. The van der Waals surface area contributed by atoms with Crippen molar-refractivity contribution in [2.75, 3.05) is 12.3 Å². The van der Waals surface area contributed by atoms with Crippen molar-refractivity contribution in [1.82, 2.24) is 14.9 Å². The summed E-state index contributed by atoms with van der Waals surface area (Å²) in [6.45, 7) is 0.586. The van der Waals surface area contributed by atoms with Crippen molar-refractivity contribution in [2.45, 2.75) is 30.5 Å². The van der Waals surface area contributed by atoms with Gasteiger partial charge in [0.2, 0.25) is 11.8 Å². The van der Waals surface area contributed by atoms with Gasteiger partial charge in [-0.3, -0.25) is 9.59 Å². The highest BCUT2D eigenvalue weighted by atomic mass is 35.5. The summed E-state index contributed by atoms with van der Waals surface area (Å²) in [7, 11) is 0. The van der Waals surface area contributed by atoms with E-state index in [-0.39, 0.29) is 11.7 Å². The number of nitrogens with two attached hydrogens (primary N) is 1. The summed E-state index contributed by atoms with van der Waals surface area (Å²) in [5.41, 5.74) is 7.03. The van der Waals surface area contributed by atoms with Gasteiger partial charge in [0.1, 0.15) is 6.04 Å². The zero-order valence-corrected chi connectivity index (χ0v) is 14.0. The number of piperidine rings is 1. The highest BCUT2D eigenvalue weighted by Gasteiger charge is 2.30. The minimum Gasteiger partial charge on any atom is -0.368 e. The van der Waals surface area contributed by atoms with E-state index in [4.69, 9.17) is 17.3 Å². The van der Waals surface area contributed by atoms with Crippen LogP contribution in [0.15, 0.2) is 23.4 Å². The molecule has 1 aliphatic rings. The van der Waals surface area contributed by atoms with E-state index in [1.165, 1.54) is 11.8 Å². The maximum absolute atomic E-state index is 12.4. The fraction of sp³-hybridized carbons (Fsp3) is 0.400. The molecule has 3 rings (SSSR count). The van der Waals surface area contributed by atoms with Gasteiger partial charge in [-0.25, -0.2) is 4.98 Å². The maximum atomic E-state index is 12.4. The van der Waals surface area contributed by atoms with Crippen molar-refractivity contribution in [2.24, 2.45) is 5.73 Å². The molecule has 0 saturated carbocycles. The van der Waals surface area contributed by atoms with Gasteiger partial charge in [-0.05, 0) is 37.5 Å². The number of amides is 2. The van der Waals surface area contributed by atoms with Crippen molar-refractivity contribution < 1.29 is 9.59 Å². The number of H-pyrrole nitrogens is 1. The SMILES string of the molecule is NC(=O)C1CCCCN1C(=O)CSc1nc2ccc(Cl)cc2[nH]1. The summed E-state index contributed by atoms with van der Waals surface area (Å²) in [6, 6.07) is 4.92. The van der Waals surface area contributed by atoms with Gasteiger partial charge in [0.25, 0.3) is 0 Å². The number of carbonyl (C=O) groups is 2. The highest BCUT2D eigenvalue weighted by Crippen LogP contribution is 2.24. The van der Waals surface area contributed by atoms with Gasteiger partial charge in [0.05, 0.1) is 16.8 Å². The second kappa shape index (κ2) is 6.80. The maximum Gasteiger partial charge on any atom is 0.240 e. The Balaban J connectivity index is 1.66. The molecule has 2 amide bonds. The molecule has 23 heavy (non-hydrogen) atoms. The number of carbonyl (C=O) groups excluding carboxylic acids is 2. The Morgan fingerprint density at radius 2 is 2.26 bits per heavy atom. The van der Waals surface area contributed by atoms with Crippen molar-refractivity contribution in [3.63, 3.8) is 0 Å². The van der Waals surface area contributed by atoms with Crippen molar-refractivity contribution in [3.8, 4) is 0 Å². The number of likely N-dealkylation sites (tertiary alicyclic amines) is 1. The zero-order chi connectivity index (χ0) is 16.4. The Hall–Kier alpha value is -1.73. The molecule has 3 N–H and O–H groups in total. The van der Waals surface area contributed by atoms with Crippen molar-refractivity contribution >= 4 is 46.2 Å². The van der Waals surface area contributed by atoms with Crippen LogP contribution in [0.25, 0.3) is 11.0 Å². The van der Waals surface area contributed by atoms with Gasteiger partial charge in [-0.1, -0.05) is 23.4 Å². The van der Waals surface area contributed by atoms with E-state index in [9.17, 15) is 9.59 Å². The van der Waals surface area contributed by atoms with Crippen LogP contribution >= 0.6 is 23.4 Å². The Morgan fingerprint density at radius 3 is 3.04 bits per heavy atom. The van der Waals surface area contributed by atoms with E-state index in [2.05, 4.69) is 9.97 Å². The molecule has 2 heterocycles. The summed E-state index contributed by atoms with van der Waals surface area (Å²) >= 11 is 7.26. The van der Waals surface area contributed by atoms with Crippen LogP contribution in [0.2, 0.25) is 5.02 Å². The predicted octanol–water partition coefficient (Wildman–Crippen LogP) is 2.17. The van der Waals surface area contributed by atoms with E-state index >= 15 is 0 Å². The molecular formula is C15H17ClN4O2S. The monoisotopic (exact) mass is 352 g/mol. The van der Waals surface area contributed by atoms with Crippen LogP contribution in [-0.4, -0.2) is 45.0 Å². The number of benzene rings is 1. The normalized spacial score (nSPS) is 18.3. The molecule has 0 spiro atoms. The summed E-state index contributed by atoms with van der Waals surface area (Å²) in [5.74, 6) is -0.296. The molecule has 0 radical (unpaired) electrons. The lowest BCUT2D eigenvalue weighted by molar-refractivity contribution is -0.138. The third kappa shape index (κ3) is 3.61. The molecule has 1 fully saturated rings. The second-order valence-electron chi connectivity index (χ2n) is 5.49. The number of fused-ring (bicyclic) bond motifs is 1. The number of aromatic amines is 1. The van der Waals surface area contributed by atoms with Gasteiger partial charge in [-0.2, -0.15) is 0 Å². The number of primary amides is 1. The van der Waals surface area contributed by atoms with Crippen LogP contribution < -0.4 is 5.73 Å². The van der Waals surface area contributed by atoms with E-state index in [0.29, 0.717) is 23.1 Å². The molecule has 1 aliphatic heterocycles. The van der Waals surface area contributed by atoms with Gasteiger partial charge in [-0.15, -0.1) is 0 Å². The lowest BCUT2D eigenvalue weighted by atomic mass is 10.0. The number of thioether (sulfide) groups is 1. The van der Waals surface area contributed by atoms with Crippen LogP contribution in [0.1, 0.15) is 19.3 Å². The van der Waals surface area contributed by atoms with E-state index in [1.54, 1.807) is 17.0 Å². The highest BCUT2D eigenvalue weighted by molar-refractivity contribution is 7.99. The molecule has 1 atom stereocenters. The minimum absolute atomic E-state index is 0.0861. The Labute approximate surface area is 142 Å². The molecule has 1 saturated heterocycles. The number of rotatable bonds is 4. The number of nitrogens with zero attached hydrogens (tertiary/aromatic N) is 2. The molecule has 122 valence electrons. The van der Waals surface area contributed by atoms with Crippen LogP contribution in [0, 0.1) is 0 Å². The Morgan fingerprint density at radius 1 is 1.43 bits per heavy atom. The van der Waals surface area contributed by atoms with E-state index in [1.807, 2.05) is 6.07 Å². The Kier molecular flexibility index (Phi) is 4.77. The summed E-state index contributed by atoms with van der Waals surface area (Å²) in [5, 5.41) is 1.29. The molecule has 2 aromatic rings. The Bertz CT molecular complexity index is 748. The topological polar surface area (TPSA) is 92.1 Å². The number of halogens is 1. The molecule has 6 nitrogen and oxygen atoms in total. The number of aromatic nitrogens is 2. The third-order valence-corrected chi connectivity index (χ3v) is 5.00. The van der Waals surface area contributed by atoms with Crippen LogP contribution in [-0.2, 0) is 9.59 Å². The lowest BCUT2D eigenvalue weighted by Crippen LogP contribution is -2.51. The molecule has 1 aromatic carbocycles. The molecular weight excluding hydrogens is 336 g/mol. The molecule has 0 aliphatic carbocycles. The van der Waals surface area contributed by atoms with Crippen molar-refractivity contribution in [1.29, 1.82) is 0 Å². The summed E-state index contributed by atoms with van der Waals surface area (Å²) in [6.07, 6.45) is 2.48. The van der Waals surface area contributed by atoms with Gasteiger partial charge < -0.3 is 15.6 Å². The number of hydrogen-bond acceptors (Lipinski definition) is 4. The number of nitrogens with one attached hydrogen (secondary N) is 1. The van der Waals surface area contributed by atoms with Crippen molar-refractivity contribution in [3.05, 3.63) is 23.2 Å². The summed E-state index contributed by atoms with van der Waals surface area (Å²) < 4.78 is 0. The number of hydrogen-bond donors (Lipinski definition) is 2. The van der Waals surface area contributed by atoms with Gasteiger partial charge >= 0.3 is 0 Å². The molecule has 1 aromatic heterocycles. The standard InChI is InChI=1S/C15H17ClN4O2S/c16-9-4-5-10-11(7-9)19-15(18-10)23-8-13(21)20-6-2-1-3-12(20)14(17)22/h4-5,7,12H,1-3,6,8H2,(H2,17,22)(H,18,19). The molecule has 0 bridgehead atoms. The smallest absolute Gasteiger partial charge is 0.240 e. The fourth-order valence-corrected chi connectivity index (χ4v) is 3.71. The minimum atomic E-state index is -0.480. The van der Waals surface area contributed by atoms with Crippen LogP contribution in [0.3, 0.4) is 0 Å². The lowest BCUT2D eigenvalue weighted by Gasteiger charge is -2.33. The first kappa shape index (κ1) is 16.1. The average molecular weight is 353 g/mol. The quantitative estimate of drug-likeness (QED) is 0.825. The average Bonchev–Trinajstić information content (AvgIpc) is 2.94. The number of imidazole rings is 1. The largest absolute Gasteiger partial charge is 0.368 e. The summed E-state index contributed by atoms with van der Waals surface area (Å²) in [4.78, 5) is 33.0. The van der Waals surface area contributed by atoms with E-state index in [0.717, 1.165) is 23.9 Å². The van der Waals surface area contributed by atoms with Crippen LogP contribution in [0.4, 0.5) is 0 Å². The van der Waals surface area contributed by atoms with Crippen LogP contribution in [0.5, 0.6) is 0 Å². The zero-order valence-electron chi connectivity index (χ0n) is 12.4.